The lowest BCUT2D eigenvalue weighted by molar-refractivity contribution is 0.667. The summed E-state index contributed by atoms with van der Waals surface area (Å²) in [6.07, 6.45) is 7.29. The molecule has 1 aromatic rings. The van der Waals surface area contributed by atoms with Gasteiger partial charge in [-0.25, -0.2) is 0 Å². The van der Waals surface area contributed by atoms with Crippen molar-refractivity contribution in [2.45, 2.75) is 39.4 Å². The van der Waals surface area contributed by atoms with E-state index in [1.807, 2.05) is 0 Å². The Labute approximate surface area is 112 Å². The van der Waals surface area contributed by atoms with Crippen LogP contribution in [0.5, 0.6) is 0 Å². The summed E-state index contributed by atoms with van der Waals surface area (Å²) >= 11 is 0. The third kappa shape index (κ3) is 3.23. The highest BCUT2D eigenvalue weighted by molar-refractivity contribution is 6.83. The van der Waals surface area contributed by atoms with Crippen molar-refractivity contribution < 1.29 is 0 Å². The van der Waals surface area contributed by atoms with Crippen LogP contribution in [0.2, 0.25) is 19.6 Å². The minimum absolute atomic E-state index is 0.664. The van der Waals surface area contributed by atoms with E-state index in [2.05, 4.69) is 69.0 Å². The Kier molecular flexibility index (Phi) is 3.91. The van der Waals surface area contributed by atoms with Gasteiger partial charge in [0, 0.05) is 0 Å². The molecule has 0 aliphatic heterocycles. The van der Waals surface area contributed by atoms with E-state index in [1.165, 1.54) is 18.4 Å². The summed E-state index contributed by atoms with van der Waals surface area (Å²) in [6.45, 7) is 9.65. The molecule has 0 spiro atoms. The van der Waals surface area contributed by atoms with Gasteiger partial charge in [0.15, 0.2) is 0 Å². The molecule has 96 valence electrons. The molecule has 0 aromatic heterocycles. The molecule has 1 heteroatoms. The highest BCUT2D eigenvalue weighted by Crippen LogP contribution is 2.31. The van der Waals surface area contributed by atoms with Crippen LogP contribution in [0.3, 0.4) is 0 Å². The van der Waals surface area contributed by atoms with E-state index in [0.717, 1.165) is 0 Å². The average Bonchev–Trinajstić information content (AvgIpc) is 2.79. The van der Waals surface area contributed by atoms with Gasteiger partial charge >= 0.3 is 0 Å². The van der Waals surface area contributed by atoms with E-state index in [1.54, 1.807) is 10.8 Å². The van der Waals surface area contributed by atoms with Crippen LogP contribution in [0.1, 0.15) is 18.9 Å². The summed E-state index contributed by atoms with van der Waals surface area (Å²) in [4.78, 5) is 0. The molecule has 18 heavy (non-hydrogen) atoms. The largest absolute Gasteiger partial charge is 0.0812 e. The van der Waals surface area contributed by atoms with Gasteiger partial charge in [-0.05, 0) is 24.3 Å². The summed E-state index contributed by atoms with van der Waals surface area (Å²) in [5.41, 5.74) is 3.07. The first-order chi connectivity index (χ1) is 8.47. The first kappa shape index (κ1) is 13.4. The lowest BCUT2D eigenvalue weighted by atomic mass is 9.93. The monoisotopic (exact) mass is 256 g/mol. The molecule has 0 radical (unpaired) electrons. The van der Waals surface area contributed by atoms with Gasteiger partial charge in [-0.15, -0.1) is 0 Å². The van der Waals surface area contributed by atoms with Crippen molar-refractivity contribution in [1.29, 1.82) is 0 Å². The van der Waals surface area contributed by atoms with Crippen LogP contribution in [0.25, 0.3) is 0 Å². The van der Waals surface area contributed by atoms with Gasteiger partial charge in [-0.3, -0.25) is 0 Å². The molecule has 0 bridgehead atoms. The quantitative estimate of drug-likeness (QED) is 0.665. The summed E-state index contributed by atoms with van der Waals surface area (Å²) in [5, 5.41) is 1.64. The molecule has 0 fully saturated rings. The van der Waals surface area contributed by atoms with Gasteiger partial charge in [0.1, 0.15) is 0 Å². The maximum absolute atomic E-state index is 2.49. The van der Waals surface area contributed by atoms with Crippen LogP contribution in [0.4, 0.5) is 0 Å². The highest BCUT2D eigenvalue weighted by Gasteiger charge is 2.23. The topological polar surface area (TPSA) is 0 Å². The van der Waals surface area contributed by atoms with E-state index < -0.39 is 8.07 Å². The second-order valence-electron chi connectivity index (χ2n) is 6.42. The second kappa shape index (κ2) is 5.27. The first-order valence-corrected chi connectivity index (χ1v) is 10.4. The van der Waals surface area contributed by atoms with Crippen LogP contribution in [-0.4, -0.2) is 8.07 Å². The number of hydrogen-bond donors (Lipinski definition) is 0. The molecule has 1 atom stereocenters. The van der Waals surface area contributed by atoms with Gasteiger partial charge in [-0.2, -0.15) is 0 Å². The standard InChI is InChI=1S/C17H24Si/c1-14(12-15-8-6-5-7-9-15)16-10-11-17(13-16)18(2,3)4/h5-9,11,13-14H,10,12H2,1-4H3. The Morgan fingerprint density at radius 3 is 2.33 bits per heavy atom. The molecule has 0 saturated heterocycles. The SMILES string of the molecule is CC(Cc1ccccc1)C1=CC([Si](C)(C)C)=CC1. The van der Waals surface area contributed by atoms with Gasteiger partial charge in [0.2, 0.25) is 0 Å². The Morgan fingerprint density at radius 1 is 1.11 bits per heavy atom. The smallest absolute Gasteiger partial charge is 0.0771 e. The normalized spacial score (nSPS) is 17.3. The molecular weight excluding hydrogens is 232 g/mol. The minimum Gasteiger partial charge on any atom is -0.0812 e. The predicted molar refractivity (Wildman–Crippen MR) is 83.4 cm³/mol. The molecule has 1 aromatic carbocycles. The average molecular weight is 256 g/mol. The van der Waals surface area contributed by atoms with E-state index in [0.29, 0.717) is 5.92 Å². The molecule has 0 N–H and O–H groups in total. The fourth-order valence-electron chi connectivity index (χ4n) is 2.51. The second-order valence-corrected chi connectivity index (χ2v) is 11.5. The van der Waals surface area contributed by atoms with Crippen molar-refractivity contribution in [2.75, 3.05) is 0 Å². The molecule has 0 saturated carbocycles. The number of allylic oxidation sites excluding steroid dienone is 4. The van der Waals surface area contributed by atoms with Crippen molar-refractivity contribution in [2.24, 2.45) is 5.92 Å². The van der Waals surface area contributed by atoms with E-state index in [9.17, 15) is 0 Å². The summed E-state index contributed by atoms with van der Waals surface area (Å²) in [6, 6.07) is 10.8. The lowest BCUT2D eigenvalue weighted by Gasteiger charge is -2.16. The van der Waals surface area contributed by atoms with Gasteiger partial charge in [0.05, 0.1) is 8.07 Å². The molecule has 1 unspecified atom stereocenters. The molecule has 2 rings (SSSR count). The van der Waals surface area contributed by atoms with Crippen molar-refractivity contribution in [3.63, 3.8) is 0 Å². The van der Waals surface area contributed by atoms with E-state index >= 15 is 0 Å². The van der Waals surface area contributed by atoms with E-state index in [-0.39, 0.29) is 0 Å². The fraction of sp³-hybridized carbons (Fsp3) is 0.412. The molecule has 0 amide bonds. The van der Waals surface area contributed by atoms with Crippen molar-refractivity contribution in [3.05, 3.63) is 58.8 Å². The predicted octanol–water partition coefficient (Wildman–Crippen LogP) is 5.00. The van der Waals surface area contributed by atoms with Gasteiger partial charge in [0.25, 0.3) is 0 Å². The maximum atomic E-state index is 2.49. The Bertz CT molecular complexity index is 460. The molecule has 0 nitrogen and oxygen atoms in total. The molecular formula is C17H24Si. The van der Waals surface area contributed by atoms with Gasteiger partial charge < -0.3 is 0 Å². The third-order valence-corrected chi connectivity index (χ3v) is 5.86. The zero-order valence-corrected chi connectivity index (χ0v) is 13.0. The number of hydrogen-bond acceptors (Lipinski definition) is 0. The Balaban J connectivity index is 2.03. The van der Waals surface area contributed by atoms with E-state index in [4.69, 9.17) is 0 Å². The summed E-state index contributed by atoms with van der Waals surface area (Å²) < 4.78 is 0. The summed E-state index contributed by atoms with van der Waals surface area (Å²) in [5.74, 6) is 0.664. The van der Waals surface area contributed by atoms with Gasteiger partial charge in [-0.1, -0.05) is 79.8 Å². The van der Waals surface area contributed by atoms with Crippen LogP contribution < -0.4 is 0 Å². The highest BCUT2D eigenvalue weighted by atomic mass is 28.3. The minimum atomic E-state index is -1.12. The van der Waals surface area contributed by atoms with Crippen LogP contribution in [0.15, 0.2) is 53.3 Å². The number of benzene rings is 1. The van der Waals surface area contributed by atoms with Crippen LogP contribution in [0, 0.1) is 5.92 Å². The Hall–Kier alpha value is -1.08. The summed E-state index contributed by atoms with van der Waals surface area (Å²) in [7, 11) is -1.12. The first-order valence-electron chi connectivity index (χ1n) is 6.92. The zero-order chi connectivity index (χ0) is 13.2. The number of rotatable bonds is 4. The van der Waals surface area contributed by atoms with Crippen molar-refractivity contribution in [3.8, 4) is 0 Å². The van der Waals surface area contributed by atoms with Crippen molar-refractivity contribution >= 4 is 8.07 Å². The van der Waals surface area contributed by atoms with Crippen LogP contribution >= 0.6 is 0 Å². The molecule has 1 aliphatic carbocycles. The van der Waals surface area contributed by atoms with Crippen molar-refractivity contribution in [1.82, 2.24) is 0 Å². The maximum Gasteiger partial charge on any atom is 0.0771 e. The fourth-order valence-corrected chi connectivity index (χ4v) is 3.84. The Morgan fingerprint density at radius 2 is 1.78 bits per heavy atom. The molecule has 0 heterocycles. The van der Waals surface area contributed by atoms with Crippen LogP contribution in [-0.2, 0) is 6.42 Å². The third-order valence-electron chi connectivity index (χ3n) is 3.78. The zero-order valence-electron chi connectivity index (χ0n) is 12.0. The molecule has 1 aliphatic rings. The lowest BCUT2D eigenvalue weighted by Crippen LogP contribution is -2.21.